The SMILES string of the molecule is CCCN1c2cc(NS(=O)(=O)C(F)(F)F)c(N=Nc3nnc(C(=O)OC(C)C)s3)cc2CCC1C. The van der Waals surface area contributed by atoms with Crippen LogP contribution in [0.15, 0.2) is 22.4 Å². The Morgan fingerprint density at radius 1 is 1.31 bits per heavy atom. The Morgan fingerprint density at radius 2 is 2.03 bits per heavy atom. The van der Waals surface area contributed by atoms with Gasteiger partial charge in [0.2, 0.25) is 5.01 Å². The molecule has 3 rings (SSSR count). The number of fused-ring (bicyclic) bond motifs is 1. The summed E-state index contributed by atoms with van der Waals surface area (Å²) < 4.78 is 69.6. The number of carbonyl (C=O) groups excluding carboxylic acids is 1. The topological polar surface area (TPSA) is 126 Å². The zero-order valence-corrected chi connectivity index (χ0v) is 21.1. The van der Waals surface area contributed by atoms with Gasteiger partial charge in [-0.3, -0.25) is 4.72 Å². The van der Waals surface area contributed by atoms with Crippen molar-refractivity contribution in [3.05, 3.63) is 22.7 Å². The van der Waals surface area contributed by atoms with E-state index >= 15 is 0 Å². The minimum atomic E-state index is -5.70. The van der Waals surface area contributed by atoms with Gasteiger partial charge in [-0.05, 0) is 57.7 Å². The normalized spacial score (nSPS) is 16.6. The second kappa shape index (κ2) is 10.4. The van der Waals surface area contributed by atoms with Crippen molar-refractivity contribution < 1.29 is 31.1 Å². The molecule has 0 radical (unpaired) electrons. The van der Waals surface area contributed by atoms with Gasteiger partial charge in [0.05, 0.1) is 11.8 Å². The van der Waals surface area contributed by atoms with Crippen molar-refractivity contribution in [2.45, 2.75) is 64.6 Å². The second-order valence-corrected chi connectivity index (χ2v) is 10.8. The highest BCUT2D eigenvalue weighted by Gasteiger charge is 2.46. The Hall–Kier alpha value is -2.81. The summed E-state index contributed by atoms with van der Waals surface area (Å²) >= 11 is 0.777. The third-order valence-corrected chi connectivity index (χ3v) is 6.94. The number of sulfonamides is 1. The van der Waals surface area contributed by atoms with Gasteiger partial charge in [0.1, 0.15) is 5.69 Å². The molecule has 192 valence electrons. The lowest BCUT2D eigenvalue weighted by Gasteiger charge is -2.37. The van der Waals surface area contributed by atoms with E-state index in [1.807, 2.05) is 18.7 Å². The molecule has 2 heterocycles. The van der Waals surface area contributed by atoms with Crippen LogP contribution in [0.25, 0.3) is 0 Å². The van der Waals surface area contributed by atoms with Crippen LogP contribution in [0, 0.1) is 0 Å². The summed E-state index contributed by atoms with van der Waals surface area (Å²) in [4.78, 5) is 14.0. The van der Waals surface area contributed by atoms with Gasteiger partial charge < -0.3 is 9.64 Å². The summed E-state index contributed by atoms with van der Waals surface area (Å²) in [5, 5.41) is 15.1. The highest BCUT2D eigenvalue weighted by atomic mass is 32.2. The molecular formula is C20H25F3N6O4S2. The highest BCUT2D eigenvalue weighted by Crippen LogP contribution is 2.41. The first kappa shape index (κ1) is 26.8. The number of ether oxygens (including phenoxy) is 1. The second-order valence-electron chi connectivity index (χ2n) is 8.17. The van der Waals surface area contributed by atoms with Crippen molar-refractivity contribution in [3.8, 4) is 0 Å². The maximum absolute atomic E-state index is 13.1. The van der Waals surface area contributed by atoms with E-state index in [0.29, 0.717) is 18.7 Å². The van der Waals surface area contributed by atoms with E-state index in [-0.39, 0.29) is 33.7 Å². The van der Waals surface area contributed by atoms with Crippen molar-refractivity contribution in [2.75, 3.05) is 16.2 Å². The summed E-state index contributed by atoms with van der Waals surface area (Å²) in [7, 11) is -5.70. The predicted octanol–water partition coefficient (Wildman–Crippen LogP) is 5.33. The maximum atomic E-state index is 13.1. The van der Waals surface area contributed by atoms with Crippen LogP contribution in [0.3, 0.4) is 0 Å². The largest absolute Gasteiger partial charge is 0.516 e. The van der Waals surface area contributed by atoms with Gasteiger partial charge in [-0.2, -0.15) is 21.6 Å². The molecule has 0 spiro atoms. The van der Waals surface area contributed by atoms with Gasteiger partial charge in [-0.1, -0.05) is 18.3 Å². The smallest absolute Gasteiger partial charge is 0.458 e. The molecule has 0 saturated heterocycles. The van der Waals surface area contributed by atoms with E-state index in [2.05, 4.69) is 20.4 Å². The Kier molecular flexibility index (Phi) is 7.99. The van der Waals surface area contributed by atoms with Crippen LogP contribution in [0.1, 0.15) is 55.9 Å². The van der Waals surface area contributed by atoms with Crippen LogP contribution in [0.2, 0.25) is 0 Å². The Labute approximate surface area is 204 Å². The van der Waals surface area contributed by atoms with Crippen LogP contribution in [0.5, 0.6) is 0 Å². The van der Waals surface area contributed by atoms with Gasteiger partial charge >= 0.3 is 21.5 Å². The molecule has 15 heteroatoms. The first-order chi connectivity index (χ1) is 16.3. The predicted molar refractivity (Wildman–Crippen MR) is 125 cm³/mol. The Morgan fingerprint density at radius 3 is 2.66 bits per heavy atom. The van der Waals surface area contributed by atoms with Gasteiger partial charge in [-0.25, -0.2) is 4.79 Å². The molecule has 1 aliphatic rings. The van der Waals surface area contributed by atoms with E-state index < -0.39 is 21.5 Å². The Bertz CT molecular complexity index is 1210. The number of carbonyl (C=O) groups is 1. The average Bonchev–Trinajstić information content (AvgIpc) is 3.22. The molecule has 1 unspecified atom stereocenters. The minimum absolute atomic E-state index is 0.0516. The first-order valence-corrected chi connectivity index (χ1v) is 13.1. The first-order valence-electron chi connectivity index (χ1n) is 10.8. The van der Waals surface area contributed by atoms with E-state index in [1.165, 1.54) is 12.1 Å². The molecule has 1 atom stereocenters. The fourth-order valence-corrected chi connectivity index (χ4v) is 4.61. The van der Waals surface area contributed by atoms with Crippen molar-refractivity contribution in [2.24, 2.45) is 10.2 Å². The number of rotatable bonds is 8. The third-order valence-electron chi connectivity index (χ3n) is 5.06. The number of nitrogens with one attached hydrogen (secondary N) is 1. The number of hydrogen-bond donors (Lipinski definition) is 1. The minimum Gasteiger partial charge on any atom is -0.458 e. The van der Waals surface area contributed by atoms with Crippen molar-refractivity contribution in [3.63, 3.8) is 0 Å². The van der Waals surface area contributed by atoms with E-state index in [9.17, 15) is 26.4 Å². The highest BCUT2D eigenvalue weighted by molar-refractivity contribution is 7.93. The van der Waals surface area contributed by atoms with E-state index in [0.717, 1.165) is 29.7 Å². The summed E-state index contributed by atoms with van der Waals surface area (Å²) in [6.07, 6.45) is 1.88. The lowest BCUT2D eigenvalue weighted by molar-refractivity contribution is -0.0429. The van der Waals surface area contributed by atoms with E-state index in [1.54, 1.807) is 18.6 Å². The summed E-state index contributed by atoms with van der Waals surface area (Å²) in [5.74, 6) is -0.698. The lowest BCUT2D eigenvalue weighted by Crippen LogP contribution is -2.38. The quantitative estimate of drug-likeness (QED) is 0.358. The summed E-state index contributed by atoms with van der Waals surface area (Å²) in [6.45, 7) is 7.97. The monoisotopic (exact) mass is 534 g/mol. The molecule has 0 amide bonds. The van der Waals surface area contributed by atoms with Gasteiger partial charge in [0, 0.05) is 18.3 Å². The van der Waals surface area contributed by atoms with E-state index in [4.69, 9.17) is 4.74 Å². The molecule has 0 aliphatic carbocycles. The maximum Gasteiger partial charge on any atom is 0.516 e. The molecule has 0 fully saturated rings. The lowest BCUT2D eigenvalue weighted by atomic mass is 9.95. The number of azo groups is 1. The molecule has 10 nitrogen and oxygen atoms in total. The molecular weight excluding hydrogens is 509 g/mol. The molecule has 2 aromatic rings. The molecule has 1 N–H and O–H groups in total. The van der Waals surface area contributed by atoms with Gasteiger partial charge in [0.25, 0.3) is 5.13 Å². The number of nitrogens with zero attached hydrogens (tertiary/aromatic N) is 5. The van der Waals surface area contributed by atoms with Crippen molar-refractivity contribution >= 4 is 49.5 Å². The van der Waals surface area contributed by atoms with Crippen LogP contribution in [-0.4, -0.2) is 48.8 Å². The fourth-order valence-electron chi connectivity index (χ4n) is 3.49. The van der Waals surface area contributed by atoms with Gasteiger partial charge in [-0.15, -0.1) is 20.4 Å². The molecule has 1 aromatic carbocycles. The standard InChI is InChI=1S/C20H25F3N6O4S2/c1-5-8-29-12(4)6-7-13-9-14(15(10-16(13)29)28-35(31,32)20(21,22)23)24-26-19-27-25-17(34-19)18(30)33-11(2)3/h9-12,28H,5-8H2,1-4H3. The van der Waals surface area contributed by atoms with Crippen LogP contribution < -0.4 is 9.62 Å². The number of aryl methyl sites for hydroxylation is 1. The zero-order chi connectivity index (χ0) is 26.0. The average molecular weight is 535 g/mol. The number of alkyl halides is 3. The van der Waals surface area contributed by atoms with Crippen molar-refractivity contribution in [1.29, 1.82) is 0 Å². The number of halogens is 3. The molecule has 1 aromatic heterocycles. The van der Waals surface area contributed by atoms with Crippen LogP contribution in [-0.2, 0) is 21.2 Å². The third kappa shape index (κ3) is 6.25. The number of hydrogen-bond acceptors (Lipinski definition) is 10. The number of anilines is 2. The summed E-state index contributed by atoms with van der Waals surface area (Å²) in [6, 6.07) is 2.99. The fraction of sp³-hybridized carbons (Fsp3) is 0.550. The van der Waals surface area contributed by atoms with Crippen molar-refractivity contribution in [1.82, 2.24) is 10.2 Å². The molecule has 1 aliphatic heterocycles. The number of esters is 1. The molecule has 0 bridgehead atoms. The zero-order valence-electron chi connectivity index (χ0n) is 19.5. The summed E-state index contributed by atoms with van der Waals surface area (Å²) in [5.41, 5.74) is -4.57. The van der Waals surface area contributed by atoms with Gasteiger partial charge in [0.15, 0.2) is 0 Å². The Balaban J connectivity index is 2.01. The molecule has 35 heavy (non-hydrogen) atoms. The molecule has 0 saturated carbocycles. The number of aromatic nitrogens is 2. The van der Waals surface area contributed by atoms with Crippen LogP contribution in [0.4, 0.5) is 35.4 Å². The number of benzene rings is 1. The van der Waals surface area contributed by atoms with Crippen LogP contribution >= 0.6 is 11.3 Å².